The second-order valence-electron chi connectivity index (χ2n) is 5.29. The van der Waals surface area contributed by atoms with Crippen LogP contribution >= 0.6 is 0 Å². The van der Waals surface area contributed by atoms with Crippen LogP contribution in [0.5, 0.6) is 0 Å². The van der Waals surface area contributed by atoms with Gasteiger partial charge in [0, 0.05) is 0 Å². The van der Waals surface area contributed by atoms with Gasteiger partial charge in [-0.1, -0.05) is 19.8 Å². The van der Waals surface area contributed by atoms with Crippen LogP contribution < -0.4 is 0 Å². The van der Waals surface area contributed by atoms with Gasteiger partial charge >= 0.3 is 0 Å². The molecule has 2 rings (SSSR count). The third-order valence-electron chi connectivity index (χ3n) is 3.98. The molecule has 2 unspecified atom stereocenters. The molecule has 0 heterocycles. The molecule has 1 heteroatoms. The van der Waals surface area contributed by atoms with Gasteiger partial charge in [-0.15, -0.1) is 0 Å². The van der Waals surface area contributed by atoms with Gasteiger partial charge in [0.25, 0.3) is 0 Å². The van der Waals surface area contributed by atoms with Crippen molar-refractivity contribution in [2.75, 3.05) is 0 Å². The highest BCUT2D eigenvalue weighted by Gasteiger charge is 2.31. The Hall–Kier alpha value is -0.0400. The van der Waals surface area contributed by atoms with E-state index >= 15 is 0 Å². The van der Waals surface area contributed by atoms with E-state index in [1.54, 1.807) is 0 Å². The van der Waals surface area contributed by atoms with Crippen molar-refractivity contribution in [2.24, 2.45) is 17.8 Å². The molecule has 2 aliphatic carbocycles. The molecule has 0 aromatic rings. The van der Waals surface area contributed by atoms with Gasteiger partial charge in [-0.05, 0) is 49.9 Å². The van der Waals surface area contributed by atoms with Crippen LogP contribution in [-0.2, 0) is 0 Å². The van der Waals surface area contributed by atoms with Crippen LogP contribution in [0.25, 0.3) is 0 Å². The van der Waals surface area contributed by atoms with Crippen LogP contribution in [0, 0.1) is 17.8 Å². The summed E-state index contributed by atoms with van der Waals surface area (Å²) in [6, 6.07) is 0. The zero-order chi connectivity index (χ0) is 9.26. The molecule has 2 atom stereocenters. The molecule has 2 saturated carbocycles. The summed E-state index contributed by atoms with van der Waals surface area (Å²) in [5.41, 5.74) is 0. The molecule has 0 bridgehead atoms. The number of hydrogen-bond donors (Lipinski definition) is 1. The predicted molar refractivity (Wildman–Crippen MR) is 54.5 cm³/mol. The average Bonchev–Trinajstić information content (AvgIpc) is 2.06. The molecule has 0 radical (unpaired) electrons. The van der Waals surface area contributed by atoms with Crippen molar-refractivity contribution in [3.05, 3.63) is 0 Å². The smallest absolute Gasteiger partial charge is 0.0568 e. The van der Waals surface area contributed by atoms with Crippen molar-refractivity contribution in [3.63, 3.8) is 0 Å². The summed E-state index contributed by atoms with van der Waals surface area (Å²) in [6.07, 6.45) is 9.13. The van der Waals surface area contributed by atoms with Gasteiger partial charge in [0.15, 0.2) is 0 Å². The normalized spacial score (nSPS) is 45.7. The zero-order valence-electron chi connectivity index (χ0n) is 8.71. The maximum Gasteiger partial charge on any atom is 0.0568 e. The lowest BCUT2D eigenvalue weighted by Gasteiger charge is -2.38. The van der Waals surface area contributed by atoms with Gasteiger partial charge in [0.05, 0.1) is 6.10 Å². The van der Waals surface area contributed by atoms with E-state index in [-0.39, 0.29) is 6.10 Å². The highest BCUT2D eigenvalue weighted by atomic mass is 16.3. The minimum absolute atomic E-state index is 0.0321. The molecule has 76 valence electrons. The molecule has 0 aliphatic heterocycles. The summed E-state index contributed by atoms with van der Waals surface area (Å²) in [7, 11) is 0. The first-order valence-corrected chi connectivity index (χ1v) is 5.93. The van der Waals surface area contributed by atoms with Gasteiger partial charge in [-0.25, -0.2) is 0 Å². The molecule has 0 saturated heterocycles. The Morgan fingerprint density at radius 3 is 2.46 bits per heavy atom. The maximum atomic E-state index is 9.80. The lowest BCUT2D eigenvalue weighted by molar-refractivity contribution is 0.0391. The molecule has 0 aromatic heterocycles. The summed E-state index contributed by atoms with van der Waals surface area (Å²) in [5.74, 6) is 2.56. The highest BCUT2D eigenvalue weighted by molar-refractivity contribution is 4.82. The molecule has 1 nitrogen and oxygen atoms in total. The van der Waals surface area contributed by atoms with Gasteiger partial charge in [0.1, 0.15) is 0 Å². The van der Waals surface area contributed by atoms with E-state index < -0.39 is 0 Å². The SMILES string of the molecule is CC1CC(CC2CCCCC2O)C1. The van der Waals surface area contributed by atoms with Crippen LogP contribution in [0.2, 0.25) is 0 Å². The number of hydrogen-bond acceptors (Lipinski definition) is 1. The minimum atomic E-state index is 0.0321. The molecule has 13 heavy (non-hydrogen) atoms. The van der Waals surface area contributed by atoms with Crippen molar-refractivity contribution >= 4 is 0 Å². The van der Waals surface area contributed by atoms with E-state index in [1.807, 2.05) is 0 Å². The quantitative estimate of drug-likeness (QED) is 0.696. The Morgan fingerprint density at radius 2 is 1.85 bits per heavy atom. The fourth-order valence-electron chi connectivity index (χ4n) is 3.15. The Morgan fingerprint density at radius 1 is 1.15 bits per heavy atom. The lowest BCUT2D eigenvalue weighted by Crippen LogP contribution is -2.30. The molecule has 0 aromatic carbocycles. The van der Waals surface area contributed by atoms with E-state index in [2.05, 4.69) is 6.92 Å². The van der Waals surface area contributed by atoms with E-state index in [0.29, 0.717) is 5.92 Å². The van der Waals surface area contributed by atoms with Gasteiger partial charge in [0.2, 0.25) is 0 Å². The van der Waals surface area contributed by atoms with Crippen LogP contribution in [-0.4, -0.2) is 11.2 Å². The first-order valence-electron chi connectivity index (χ1n) is 5.93. The summed E-state index contributed by atoms with van der Waals surface area (Å²) >= 11 is 0. The standard InChI is InChI=1S/C12H22O/c1-9-6-10(7-9)8-11-4-2-3-5-12(11)13/h9-13H,2-8H2,1H3. The third kappa shape index (κ3) is 2.25. The summed E-state index contributed by atoms with van der Waals surface area (Å²) in [4.78, 5) is 0. The Balaban J connectivity index is 1.73. The molecular weight excluding hydrogens is 160 g/mol. The predicted octanol–water partition coefficient (Wildman–Crippen LogP) is 2.97. The van der Waals surface area contributed by atoms with Crippen molar-refractivity contribution < 1.29 is 5.11 Å². The number of rotatable bonds is 2. The van der Waals surface area contributed by atoms with Crippen molar-refractivity contribution in [2.45, 2.75) is 58.0 Å². The van der Waals surface area contributed by atoms with Crippen molar-refractivity contribution in [1.29, 1.82) is 0 Å². The fraction of sp³-hybridized carbons (Fsp3) is 1.00. The first kappa shape index (κ1) is 9.51. The molecule has 1 N–H and O–H groups in total. The van der Waals surface area contributed by atoms with Crippen LogP contribution in [0.15, 0.2) is 0 Å². The number of aliphatic hydroxyl groups excluding tert-OH is 1. The topological polar surface area (TPSA) is 20.2 Å². The highest BCUT2D eigenvalue weighted by Crippen LogP contribution is 2.40. The number of aliphatic hydroxyl groups is 1. The molecule has 2 aliphatic rings. The van der Waals surface area contributed by atoms with Gasteiger partial charge < -0.3 is 5.11 Å². The Kier molecular flexibility index (Phi) is 2.92. The third-order valence-corrected chi connectivity index (χ3v) is 3.98. The molecule has 0 amide bonds. The fourth-order valence-corrected chi connectivity index (χ4v) is 3.15. The Bertz CT molecular complexity index is 161. The van der Waals surface area contributed by atoms with Crippen LogP contribution in [0.4, 0.5) is 0 Å². The molecular formula is C12H22O. The van der Waals surface area contributed by atoms with Crippen LogP contribution in [0.3, 0.4) is 0 Å². The second kappa shape index (κ2) is 4.00. The second-order valence-corrected chi connectivity index (χ2v) is 5.29. The van der Waals surface area contributed by atoms with E-state index in [1.165, 1.54) is 38.5 Å². The summed E-state index contributed by atoms with van der Waals surface area (Å²) in [6.45, 7) is 2.34. The van der Waals surface area contributed by atoms with Gasteiger partial charge in [-0.3, -0.25) is 0 Å². The lowest BCUT2D eigenvalue weighted by atomic mass is 9.69. The van der Waals surface area contributed by atoms with Gasteiger partial charge in [-0.2, -0.15) is 0 Å². The molecule has 2 fully saturated rings. The van der Waals surface area contributed by atoms with Crippen molar-refractivity contribution in [3.8, 4) is 0 Å². The first-order chi connectivity index (χ1) is 6.25. The summed E-state index contributed by atoms with van der Waals surface area (Å²) < 4.78 is 0. The maximum absolute atomic E-state index is 9.80. The van der Waals surface area contributed by atoms with E-state index in [0.717, 1.165) is 18.3 Å². The van der Waals surface area contributed by atoms with E-state index in [4.69, 9.17) is 0 Å². The zero-order valence-corrected chi connectivity index (χ0v) is 8.71. The monoisotopic (exact) mass is 182 g/mol. The van der Waals surface area contributed by atoms with Crippen LogP contribution in [0.1, 0.15) is 51.9 Å². The van der Waals surface area contributed by atoms with Crippen molar-refractivity contribution in [1.82, 2.24) is 0 Å². The molecule has 0 spiro atoms. The largest absolute Gasteiger partial charge is 0.393 e. The Labute approximate surface area is 81.5 Å². The summed E-state index contributed by atoms with van der Waals surface area (Å²) in [5, 5.41) is 9.80. The average molecular weight is 182 g/mol. The van der Waals surface area contributed by atoms with E-state index in [9.17, 15) is 5.11 Å². The minimum Gasteiger partial charge on any atom is -0.393 e.